The molecule has 0 aromatic heterocycles. The third-order valence-corrected chi connectivity index (χ3v) is 5.44. The summed E-state index contributed by atoms with van der Waals surface area (Å²) in [5.74, 6) is -0.0141. The average Bonchev–Trinajstić information content (AvgIpc) is 2.84. The minimum Gasteiger partial charge on any atom is -0.296 e. The van der Waals surface area contributed by atoms with Gasteiger partial charge in [0.1, 0.15) is 0 Å². The normalized spacial score (nSPS) is 26.4. The quantitative estimate of drug-likeness (QED) is 0.339. The fourth-order valence-electron chi connectivity index (χ4n) is 4.05. The molecule has 3 nitrogen and oxygen atoms in total. The molecular formula is C20H33NO2. The number of allylic oxidation sites excluding steroid dienone is 2. The molecule has 2 amide bonds. The Morgan fingerprint density at radius 1 is 0.913 bits per heavy atom. The number of imide groups is 1. The minimum atomic E-state index is -0.0966. The second-order valence-electron chi connectivity index (χ2n) is 7.28. The summed E-state index contributed by atoms with van der Waals surface area (Å²) in [6, 6.07) is 0. The van der Waals surface area contributed by atoms with Gasteiger partial charge in [-0.15, -0.1) is 0 Å². The van der Waals surface area contributed by atoms with E-state index in [1.807, 2.05) is 0 Å². The molecule has 1 fully saturated rings. The summed E-state index contributed by atoms with van der Waals surface area (Å²) in [5.41, 5.74) is 0. The Bertz CT molecular complexity index is 416. The van der Waals surface area contributed by atoms with Crippen molar-refractivity contribution in [2.45, 2.75) is 84.0 Å². The summed E-state index contributed by atoms with van der Waals surface area (Å²) in [6.07, 6.45) is 19.4. The number of amides is 2. The highest BCUT2D eigenvalue weighted by molar-refractivity contribution is 6.05. The molecule has 2 aliphatic rings. The Hall–Kier alpha value is -1.12. The van der Waals surface area contributed by atoms with Crippen LogP contribution < -0.4 is 5.32 Å². The Labute approximate surface area is 141 Å². The van der Waals surface area contributed by atoms with Crippen LogP contribution in [0.4, 0.5) is 0 Å². The van der Waals surface area contributed by atoms with Crippen LogP contribution in [0.5, 0.6) is 0 Å². The van der Waals surface area contributed by atoms with Crippen LogP contribution in [0.3, 0.4) is 0 Å². The third-order valence-electron chi connectivity index (χ3n) is 5.44. The van der Waals surface area contributed by atoms with Crippen molar-refractivity contribution in [2.75, 3.05) is 0 Å². The Kier molecular flexibility index (Phi) is 7.84. The first kappa shape index (κ1) is 18.2. The number of unbranched alkanes of at least 4 members (excludes halogenated alkanes) is 9. The molecule has 0 bridgehead atoms. The van der Waals surface area contributed by atoms with E-state index in [1.165, 1.54) is 64.2 Å². The lowest BCUT2D eigenvalue weighted by Gasteiger charge is -2.26. The number of fused-ring (bicyclic) bond motifs is 1. The van der Waals surface area contributed by atoms with Crippen LogP contribution in [0.2, 0.25) is 0 Å². The van der Waals surface area contributed by atoms with E-state index in [0.717, 1.165) is 12.8 Å². The number of hydrogen-bond donors (Lipinski definition) is 1. The summed E-state index contributed by atoms with van der Waals surface area (Å²) in [5, 5.41) is 2.51. The van der Waals surface area contributed by atoms with E-state index in [0.29, 0.717) is 0 Å². The molecule has 1 N–H and O–H groups in total. The first-order valence-corrected chi connectivity index (χ1v) is 9.75. The molecule has 0 radical (unpaired) electrons. The highest BCUT2D eigenvalue weighted by Gasteiger charge is 2.45. The maximum Gasteiger partial charge on any atom is 0.231 e. The van der Waals surface area contributed by atoms with Gasteiger partial charge in [-0.3, -0.25) is 14.9 Å². The van der Waals surface area contributed by atoms with E-state index in [2.05, 4.69) is 24.4 Å². The number of nitrogens with one attached hydrogen (secondary N) is 1. The maximum atomic E-state index is 11.9. The van der Waals surface area contributed by atoms with Crippen molar-refractivity contribution < 1.29 is 9.59 Å². The molecule has 1 aliphatic heterocycles. The van der Waals surface area contributed by atoms with E-state index in [-0.39, 0.29) is 29.6 Å². The summed E-state index contributed by atoms with van der Waals surface area (Å²) in [4.78, 5) is 23.7. The van der Waals surface area contributed by atoms with Gasteiger partial charge in [-0.05, 0) is 18.8 Å². The first-order chi connectivity index (χ1) is 11.2. The molecule has 3 unspecified atom stereocenters. The molecule has 0 aromatic carbocycles. The van der Waals surface area contributed by atoms with Gasteiger partial charge in [-0.25, -0.2) is 0 Å². The zero-order valence-electron chi connectivity index (χ0n) is 14.7. The minimum absolute atomic E-state index is 0.0403. The van der Waals surface area contributed by atoms with Crippen molar-refractivity contribution in [3.63, 3.8) is 0 Å². The van der Waals surface area contributed by atoms with E-state index in [1.54, 1.807) is 0 Å². The van der Waals surface area contributed by atoms with Crippen LogP contribution in [0.1, 0.15) is 84.0 Å². The van der Waals surface area contributed by atoms with E-state index in [9.17, 15) is 9.59 Å². The molecular weight excluding hydrogens is 286 g/mol. The van der Waals surface area contributed by atoms with Crippen molar-refractivity contribution in [1.82, 2.24) is 5.32 Å². The van der Waals surface area contributed by atoms with Crippen LogP contribution in [0.15, 0.2) is 12.2 Å². The standard InChI is InChI=1S/C20H33NO2/c1-2-3-4-5-6-7-8-9-10-11-13-16-14-12-15-17-18(16)20(23)21-19(17)22/h12,14,16-18H,2-11,13,15H2,1H3,(H,21,22,23). The highest BCUT2D eigenvalue weighted by Crippen LogP contribution is 2.37. The largest absolute Gasteiger partial charge is 0.296 e. The number of carbonyl (C=O) groups excluding carboxylic acids is 2. The Morgan fingerprint density at radius 2 is 1.52 bits per heavy atom. The summed E-state index contributed by atoms with van der Waals surface area (Å²) >= 11 is 0. The molecule has 0 aromatic rings. The lowest BCUT2D eigenvalue weighted by Crippen LogP contribution is -2.28. The monoisotopic (exact) mass is 319 g/mol. The van der Waals surface area contributed by atoms with E-state index in [4.69, 9.17) is 0 Å². The third kappa shape index (κ3) is 5.47. The fraction of sp³-hybridized carbons (Fsp3) is 0.800. The fourth-order valence-corrected chi connectivity index (χ4v) is 4.05. The van der Waals surface area contributed by atoms with Crippen LogP contribution in [0, 0.1) is 17.8 Å². The topological polar surface area (TPSA) is 46.2 Å². The zero-order valence-corrected chi connectivity index (χ0v) is 14.7. The van der Waals surface area contributed by atoms with Crippen LogP contribution >= 0.6 is 0 Å². The first-order valence-electron chi connectivity index (χ1n) is 9.75. The molecule has 2 rings (SSSR count). The van der Waals surface area contributed by atoms with Crippen LogP contribution in [-0.4, -0.2) is 11.8 Å². The molecule has 3 atom stereocenters. The van der Waals surface area contributed by atoms with Gasteiger partial charge in [0.25, 0.3) is 0 Å². The lowest BCUT2D eigenvalue weighted by molar-refractivity contribution is -0.126. The van der Waals surface area contributed by atoms with Crippen molar-refractivity contribution >= 4 is 11.8 Å². The molecule has 1 aliphatic carbocycles. The second-order valence-corrected chi connectivity index (χ2v) is 7.28. The number of carbonyl (C=O) groups is 2. The molecule has 0 spiro atoms. The van der Waals surface area contributed by atoms with Gasteiger partial charge < -0.3 is 0 Å². The SMILES string of the molecule is CCCCCCCCCCCCC1C=CCC2C(=O)NC(=O)C12. The number of rotatable bonds is 11. The second kappa shape index (κ2) is 9.89. The molecule has 3 heteroatoms. The Balaban J connectivity index is 1.54. The van der Waals surface area contributed by atoms with Crippen molar-refractivity contribution in [2.24, 2.45) is 17.8 Å². The van der Waals surface area contributed by atoms with Gasteiger partial charge in [-0.2, -0.15) is 0 Å². The van der Waals surface area contributed by atoms with Crippen molar-refractivity contribution in [3.8, 4) is 0 Å². The molecule has 1 saturated heterocycles. The average molecular weight is 319 g/mol. The maximum absolute atomic E-state index is 11.9. The zero-order chi connectivity index (χ0) is 16.5. The molecule has 0 saturated carbocycles. The van der Waals surface area contributed by atoms with Gasteiger partial charge in [0.15, 0.2) is 0 Å². The molecule has 130 valence electrons. The summed E-state index contributed by atoms with van der Waals surface area (Å²) < 4.78 is 0. The van der Waals surface area contributed by atoms with Gasteiger partial charge in [0.05, 0.1) is 11.8 Å². The van der Waals surface area contributed by atoms with Crippen LogP contribution in [0.25, 0.3) is 0 Å². The van der Waals surface area contributed by atoms with Gasteiger partial charge in [-0.1, -0.05) is 83.3 Å². The van der Waals surface area contributed by atoms with E-state index < -0.39 is 0 Å². The smallest absolute Gasteiger partial charge is 0.231 e. The van der Waals surface area contributed by atoms with E-state index >= 15 is 0 Å². The molecule has 1 heterocycles. The number of hydrogen-bond acceptors (Lipinski definition) is 2. The van der Waals surface area contributed by atoms with Crippen molar-refractivity contribution in [3.05, 3.63) is 12.2 Å². The van der Waals surface area contributed by atoms with Crippen LogP contribution in [-0.2, 0) is 9.59 Å². The molecule has 23 heavy (non-hydrogen) atoms. The van der Waals surface area contributed by atoms with Crippen molar-refractivity contribution in [1.29, 1.82) is 0 Å². The Morgan fingerprint density at radius 3 is 2.17 bits per heavy atom. The predicted octanol–water partition coefficient (Wildman–Crippen LogP) is 4.76. The van der Waals surface area contributed by atoms with Gasteiger partial charge in [0.2, 0.25) is 11.8 Å². The lowest BCUT2D eigenvalue weighted by atomic mass is 9.75. The summed E-state index contributed by atoms with van der Waals surface area (Å²) in [6.45, 7) is 2.26. The summed E-state index contributed by atoms with van der Waals surface area (Å²) in [7, 11) is 0. The predicted molar refractivity (Wildman–Crippen MR) is 93.8 cm³/mol. The van der Waals surface area contributed by atoms with Gasteiger partial charge in [0, 0.05) is 0 Å². The highest BCUT2D eigenvalue weighted by atomic mass is 16.2. The van der Waals surface area contributed by atoms with Gasteiger partial charge >= 0.3 is 0 Å².